The van der Waals surface area contributed by atoms with E-state index in [-0.39, 0.29) is 34.4 Å². The number of halogens is 1. The minimum absolute atomic E-state index is 0.0426. The highest BCUT2D eigenvalue weighted by molar-refractivity contribution is 6.33. The zero-order valence-electron chi connectivity index (χ0n) is 16.7. The lowest BCUT2D eigenvalue weighted by atomic mass is 10.0. The Labute approximate surface area is 183 Å². The highest BCUT2D eigenvalue weighted by atomic mass is 35.5. The second-order valence-electron chi connectivity index (χ2n) is 7.40. The Balaban J connectivity index is 1.66. The zero-order valence-corrected chi connectivity index (χ0v) is 17.5. The molecule has 8 nitrogen and oxygen atoms in total. The van der Waals surface area contributed by atoms with Crippen LogP contribution in [0.5, 0.6) is 5.75 Å². The topological polar surface area (TPSA) is 122 Å². The molecule has 160 valence electrons. The van der Waals surface area contributed by atoms with Crippen molar-refractivity contribution in [3.63, 3.8) is 0 Å². The number of anilines is 2. The van der Waals surface area contributed by atoms with E-state index in [9.17, 15) is 15.0 Å². The molecule has 4 N–H and O–H groups in total. The molecule has 1 saturated heterocycles. The van der Waals surface area contributed by atoms with Crippen LogP contribution < -0.4 is 10.6 Å². The predicted octanol–water partition coefficient (Wildman–Crippen LogP) is 3.75. The van der Waals surface area contributed by atoms with Crippen molar-refractivity contribution in [1.29, 1.82) is 0 Å². The average molecular weight is 441 g/mol. The molecule has 1 aliphatic rings. The van der Waals surface area contributed by atoms with E-state index in [1.807, 2.05) is 17.9 Å². The summed E-state index contributed by atoms with van der Waals surface area (Å²) in [6, 6.07) is 13.5. The minimum Gasteiger partial charge on any atom is -0.507 e. The molecule has 9 heteroatoms. The number of benzene rings is 2. The molecule has 0 saturated carbocycles. The number of aromatic carboxylic acids is 1. The smallest absolute Gasteiger partial charge is 0.337 e. The molecule has 4 rings (SSSR count). The highest BCUT2D eigenvalue weighted by Gasteiger charge is 2.29. The number of carboxylic acid groups (broad SMARTS) is 1. The monoisotopic (exact) mass is 440 g/mol. The van der Waals surface area contributed by atoms with Crippen LogP contribution in [0.4, 0.5) is 11.5 Å². The summed E-state index contributed by atoms with van der Waals surface area (Å²) in [4.78, 5) is 13.3. The number of carboxylic acids is 1. The van der Waals surface area contributed by atoms with Crippen LogP contribution in [-0.4, -0.2) is 45.6 Å². The fraction of sp³-hybridized carbons (Fsp3) is 0.227. The van der Waals surface area contributed by atoms with Gasteiger partial charge >= 0.3 is 5.97 Å². The minimum atomic E-state index is -1.08. The number of aromatic hydroxyl groups is 1. The van der Waals surface area contributed by atoms with Crippen molar-refractivity contribution in [2.24, 2.45) is 0 Å². The number of hydrogen-bond donors (Lipinski definition) is 3. The molecule has 1 aliphatic heterocycles. The standard InChI is InChI=1S/C22H21ClN4O4/c1-12-10-27(11-20(31-12)13-6-7-14(22(29)30)16(23)8-13)18-9-17(25-26-21(18)24)15-4-2-3-5-19(15)28/h2-9,12,20,28H,10-11H2,1H3,(H2,24,26)(H,29,30)/t12-,20-/m0/s1. The lowest BCUT2D eigenvalue weighted by Crippen LogP contribution is -2.43. The summed E-state index contributed by atoms with van der Waals surface area (Å²) >= 11 is 6.15. The molecule has 3 aromatic rings. The fourth-order valence-electron chi connectivity index (χ4n) is 3.70. The lowest BCUT2D eigenvalue weighted by molar-refractivity contribution is -0.0173. The first kappa shape index (κ1) is 20.9. The first-order chi connectivity index (χ1) is 14.8. The molecule has 2 aromatic carbocycles. The summed E-state index contributed by atoms with van der Waals surface area (Å²) in [5, 5.41) is 27.7. The molecule has 2 atom stereocenters. The lowest BCUT2D eigenvalue weighted by Gasteiger charge is -2.38. The Morgan fingerprint density at radius 3 is 2.68 bits per heavy atom. The van der Waals surface area contributed by atoms with Gasteiger partial charge in [0.2, 0.25) is 0 Å². The number of aromatic nitrogens is 2. The van der Waals surface area contributed by atoms with Crippen LogP contribution in [0.3, 0.4) is 0 Å². The molecule has 31 heavy (non-hydrogen) atoms. The van der Waals surface area contributed by atoms with Crippen LogP contribution in [0.25, 0.3) is 11.3 Å². The van der Waals surface area contributed by atoms with Crippen LogP contribution in [0.1, 0.15) is 28.9 Å². The van der Waals surface area contributed by atoms with Gasteiger partial charge in [0.15, 0.2) is 5.82 Å². The first-order valence-electron chi connectivity index (χ1n) is 9.68. The Morgan fingerprint density at radius 2 is 1.97 bits per heavy atom. The Kier molecular flexibility index (Phi) is 5.67. The summed E-state index contributed by atoms with van der Waals surface area (Å²) in [6.45, 7) is 2.98. The third-order valence-corrected chi connectivity index (χ3v) is 5.49. The number of carbonyl (C=O) groups is 1. The fourth-order valence-corrected chi connectivity index (χ4v) is 3.97. The van der Waals surface area contributed by atoms with Crippen molar-refractivity contribution < 1.29 is 19.7 Å². The molecule has 0 aliphatic carbocycles. The maximum atomic E-state index is 11.2. The van der Waals surface area contributed by atoms with E-state index in [1.165, 1.54) is 6.07 Å². The van der Waals surface area contributed by atoms with Gasteiger partial charge in [-0.3, -0.25) is 0 Å². The third kappa shape index (κ3) is 4.26. The van der Waals surface area contributed by atoms with E-state index in [4.69, 9.17) is 22.1 Å². The third-order valence-electron chi connectivity index (χ3n) is 5.18. The van der Waals surface area contributed by atoms with Crippen LogP contribution >= 0.6 is 11.6 Å². The number of nitrogen functional groups attached to an aromatic ring is 1. The average Bonchev–Trinajstić information content (AvgIpc) is 2.74. The summed E-state index contributed by atoms with van der Waals surface area (Å²) in [5.41, 5.74) is 8.70. The van der Waals surface area contributed by atoms with Gasteiger partial charge in [-0.2, -0.15) is 0 Å². The van der Waals surface area contributed by atoms with Crippen molar-refractivity contribution in [3.8, 4) is 17.0 Å². The van der Waals surface area contributed by atoms with Gasteiger partial charge < -0.3 is 25.6 Å². The van der Waals surface area contributed by atoms with E-state index in [0.717, 1.165) is 5.56 Å². The highest BCUT2D eigenvalue weighted by Crippen LogP contribution is 2.35. The van der Waals surface area contributed by atoms with Crippen LogP contribution in [0.15, 0.2) is 48.5 Å². The Morgan fingerprint density at radius 1 is 1.19 bits per heavy atom. The second-order valence-corrected chi connectivity index (χ2v) is 7.81. The summed E-state index contributed by atoms with van der Waals surface area (Å²) in [7, 11) is 0. The number of phenols is 1. The molecule has 1 aromatic heterocycles. The molecule has 0 spiro atoms. The van der Waals surface area contributed by atoms with Crippen molar-refractivity contribution >= 4 is 29.1 Å². The van der Waals surface area contributed by atoms with Gasteiger partial charge in [0.1, 0.15) is 11.9 Å². The van der Waals surface area contributed by atoms with E-state index in [2.05, 4.69) is 10.2 Å². The van der Waals surface area contributed by atoms with E-state index in [0.29, 0.717) is 30.0 Å². The first-order valence-corrected chi connectivity index (χ1v) is 10.1. The zero-order chi connectivity index (χ0) is 22.1. The molecule has 0 unspecified atom stereocenters. The number of nitrogens with zero attached hydrogens (tertiary/aromatic N) is 3. The predicted molar refractivity (Wildman–Crippen MR) is 117 cm³/mol. The number of para-hydroxylation sites is 1. The molecule has 0 amide bonds. The van der Waals surface area contributed by atoms with Crippen molar-refractivity contribution in [2.75, 3.05) is 23.7 Å². The van der Waals surface area contributed by atoms with Gasteiger partial charge in [0.25, 0.3) is 0 Å². The molecular weight excluding hydrogens is 420 g/mol. The Hall–Kier alpha value is -3.36. The maximum Gasteiger partial charge on any atom is 0.337 e. The van der Waals surface area contributed by atoms with E-state index < -0.39 is 5.97 Å². The quantitative estimate of drug-likeness (QED) is 0.560. The largest absolute Gasteiger partial charge is 0.507 e. The number of hydrogen-bond acceptors (Lipinski definition) is 7. The van der Waals surface area contributed by atoms with Gasteiger partial charge in [0.05, 0.1) is 28.1 Å². The van der Waals surface area contributed by atoms with Gasteiger partial charge in [0, 0.05) is 18.7 Å². The van der Waals surface area contributed by atoms with Crippen molar-refractivity contribution in [2.45, 2.75) is 19.1 Å². The molecule has 0 radical (unpaired) electrons. The Bertz CT molecular complexity index is 1140. The number of rotatable bonds is 4. The number of morpholine rings is 1. The van der Waals surface area contributed by atoms with Gasteiger partial charge in [-0.1, -0.05) is 29.8 Å². The second kappa shape index (κ2) is 8.41. The van der Waals surface area contributed by atoms with Crippen LogP contribution in [-0.2, 0) is 4.74 Å². The van der Waals surface area contributed by atoms with Gasteiger partial charge in [-0.15, -0.1) is 10.2 Å². The molecular formula is C22H21ClN4O4. The van der Waals surface area contributed by atoms with Gasteiger partial charge in [-0.25, -0.2) is 4.79 Å². The van der Waals surface area contributed by atoms with Crippen LogP contribution in [0.2, 0.25) is 5.02 Å². The van der Waals surface area contributed by atoms with E-state index >= 15 is 0 Å². The number of nitrogens with two attached hydrogens (primary N) is 1. The molecule has 2 heterocycles. The summed E-state index contributed by atoms with van der Waals surface area (Å²) < 4.78 is 6.09. The number of phenolic OH excluding ortho intramolecular Hbond substituents is 1. The SMILES string of the molecule is C[C@H]1CN(c2cc(-c3ccccc3O)nnc2N)C[C@@H](c2ccc(C(=O)O)c(Cl)c2)O1. The van der Waals surface area contributed by atoms with Crippen molar-refractivity contribution in [3.05, 3.63) is 64.7 Å². The summed E-state index contributed by atoms with van der Waals surface area (Å²) in [6.07, 6.45) is -0.469. The molecule has 0 bridgehead atoms. The van der Waals surface area contributed by atoms with Crippen molar-refractivity contribution in [1.82, 2.24) is 10.2 Å². The van der Waals surface area contributed by atoms with E-state index in [1.54, 1.807) is 36.4 Å². The van der Waals surface area contributed by atoms with Crippen LogP contribution in [0, 0.1) is 0 Å². The normalized spacial score (nSPS) is 18.7. The number of ether oxygens (including phenoxy) is 1. The maximum absolute atomic E-state index is 11.2. The summed E-state index contributed by atoms with van der Waals surface area (Å²) in [5.74, 6) is -0.705. The van der Waals surface area contributed by atoms with Gasteiger partial charge in [-0.05, 0) is 42.8 Å². The molecule has 1 fully saturated rings.